The van der Waals surface area contributed by atoms with Gasteiger partial charge in [-0.2, -0.15) is 0 Å². The van der Waals surface area contributed by atoms with Gasteiger partial charge in [0.1, 0.15) is 6.29 Å². The van der Waals surface area contributed by atoms with Crippen LogP contribution in [-0.2, 0) is 11.2 Å². The standard InChI is InChI=1S/C13H17NO2/c1-2-12-9-11(10-15)3-4-13(12)14-5-7-16-8-6-14/h3-4,9-10H,2,5-8H2,1H3. The van der Waals surface area contributed by atoms with E-state index < -0.39 is 0 Å². The summed E-state index contributed by atoms with van der Waals surface area (Å²) in [6, 6.07) is 5.92. The molecule has 1 heterocycles. The van der Waals surface area contributed by atoms with E-state index in [1.165, 1.54) is 11.3 Å². The molecule has 1 aromatic rings. The number of benzene rings is 1. The van der Waals surface area contributed by atoms with Crippen LogP contribution in [0.2, 0.25) is 0 Å². The van der Waals surface area contributed by atoms with Crippen LogP contribution >= 0.6 is 0 Å². The van der Waals surface area contributed by atoms with E-state index in [9.17, 15) is 4.79 Å². The second kappa shape index (κ2) is 5.12. The SMILES string of the molecule is CCc1cc(C=O)ccc1N1CCOCC1. The van der Waals surface area contributed by atoms with Crippen molar-refractivity contribution >= 4 is 12.0 Å². The Morgan fingerprint density at radius 2 is 2.12 bits per heavy atom. The molecule has 0 bridgehead atoms. The van der Waals surface area contributed by atoms with E-state index in [1.807, 2.05) is 18.2 Å². The van der Waals surface area contributed by atoms with E-state index in [-0.39, 0.29) is 0 Å². The molecule has 0 unspecified atom stereocenters. The van der Waals surface area contributed by atoms with Crippen molar-refractivity contribution < 1.29 is 9.53 Å². The Morgan fingerprint density at radius 1 is 1.38 bits per heavy atom. The number of carbonyl (C=O) groups is 1. The van der Waals surface area contributed by atoms with Gasteiger partial charge in [-0.05, 0) is 30.2 Å². The van der Waals surface area contributed by atoms with E-state index in [1.54, 1.807) is 0 Å². The van der Waals surface area contributed by atoms with Crippen molar-refractivity contribution in [2.75, 3.05) is 31.2 Å². The Labute approximate surface area is 96.0 Å². The minimum absolute atomic E-state index is 0.758. The summed E-state index contributed by atoms with van der Waals surface area (Å²) >= 11 is 0. The number of hydrogen-bond acceptors (Lipinski definition) is 3. The number of aldehydes is 1. The van der Waals surface area contributed by atoms with Gasteiger partial charge in [-0.15, -0.1) is 0 Å². The maximum absolute atomic E-state index is 10.7. The summed E-state index contributed by atoms with van der Waals surface area (Å²) in [7, 11) is 0. The number of rotatable bonds is 3. The fourth-order valence-corrected chi connectivity index (χ4v) is 2.07. The predicted octanol–water partition coefficient (Wildman–Crippen LogP) is 1.90. The van der Waals surface area contributed by atoms with E-state index in [2.05, 4.69) is 11.8 Å². The van der Waals surface area contributed by atoms with Gasteiger partial charge in [0, 0.05) is 24.3 Å². The Balaban J connectivity index is 2.27. The third kappa shape index (κ3) is 2.25. The Hall–Kier alpha value is -1.35. The molecule has 1 fully saturated rings. The molecule has 86 valence electrons. The Morgan fingerprint density at radius 3 is 2.75 bits per heavy atom. The predicted molar refractivity (Wildman–Crippen MR) is 64.2 cm³/mol. The highest BCUT2D eigenvalue weighted by Crippen LogP contribution is 2.23. The summed E-state index contributed by atoms with van der Waals surface area (Å²) in [5, 5.41) is 0. The van der Waals surface area contributed by atoms with Gasteiger partial charge < -0.3 is 9.64 Å². The van der Waals surface area contributed by atoms with Crippen LogP contribution in [0, 0.1) is 0 Å². The second-order valence-electron chi connectivity index (χ2n) is 3.96. The molecule has 1 saturated heterocycles. The minimum Gasteiger partial charge on any atom is -0.378 e. The number of morpholine rings is 1. The molecule has 2 rings (SSSR count). The molecule has 0 aliphatic carbocycles. The molecule has 1 aliphatic heterocycles. The molecular formula is C13H17NO2. The normalized spacial score (nSPS) is 16.2. The van der Waals surface area contributed by atoms with Crippen molar-refractivity contribution in [2.45, 2.75) is 13.3 Å². The van der Waals surface area contributed by atoms with E-state index in [0.29, 0.717) is 0 Å². The fourth-order valence-electron chi connectivity index (χ4n) is 2.07. The number of hydrogen-bond donors (Lipinski definition) is 0. The zero-order chi connectivity index (χ0) is 11.4. The molecule has 0 N–H and O–H groups in total. The van der Waals surface area contributed by atoms with E-state index >= 15 is 0 Å². The highest BCUT2D eigenvalue weighted by atomic mass is 16.5. The van der Waals surface area contributed by atoms with Crippen molar-refractivity contribution in [2.24, 2.45) is 0 Å². The molecule has 1 aliphatic rings. The highest BCUT2D eigenvalue weighted by molar-refractivity contribution is 5.77. The molecule has 3 nitrogen and oxygen atoms in total. The molecule has 3 heteroatoms. The van der Waals surface area contributed by atoms with Gasteiger partial charge in [-0.25, -0.2) is 0 Å². The quantitative estimate of drug-likeness (QED) is 0.727. The van der Waals surface area contributed by atoms with Gasteiger partial charge in [0.2, 0.25) is 0 Å². The van der Waals surface area contributed by atoms with Gasteiger partial charge >= 0.3 is 0 Å². The lowest BCUT2D eigenvalue weighted by Crippen LogP contribution is -2.36. The lowest BCUT2D eigenvalue weighted by atomic mass is 10.1. The van der Waals surface area contributed by atoms with Gasteiger partial charge in [0.15, 0.2) is 0 Å². The zero-order valence-corrected chi connectivity index (χ0v) is 9.61. The topological polar surface area (TPSA) is 29.5 Å². The summed E-state index contributed by atoms with van der Waals surface area (Å²) in [4.78, 5) is 13.1. The van der Waals surface area contributed by atoms with Crippen LogP contribution in [0.25, 0.3) is 0 Å². The Bertz CT molecular complexity index is 370. The minimum atomic E-state index is 0.758. The van der Waals surface area contributed by atoms with Crippen LogP contribution in [0.3, 0.4) is 0 Å². The van der Waals surface area contributed by atoms with Gasteiger partial charge in [0.05, 0.1) is 13.2 Å². The molecule has 0 saturated carbocycles. The number of carbonyl (C=O) groups excluding carboxylic acids is 1. The van der Waals surface area contributed by atoms with Crippen LogP contribution in [0.1, 0.15) is 22.8 Å². The summed E-state index contributed by atoms with van der Waals surface area (Å²) in [6.45, 7) is 5.58. The largest absolute Gasteiger partial charge is 0.378 e. The molecule has 16 heavy (non-hydrogen) atoms. The van der Waals surface area contributed by atoms with E-state index in [4.69, 9.17) is 4.74 Å². The molecule has 0 atom stereocenters. The third-order valence-electron chi connectivity index (χ3n) is 2.97. The third-order valence-corrected chi connectivity index (χ3v) is 2.97. The smallest absolute Gasteiger partial charge is 0.150 e. The first-order chi connectivity index (χ1) is 7.85. The molecule has 1 aromatic carbocycles. The fraction of sp³-hybridized carbons (Fsp3) is 0.462. The summed E-state index contributed by atoms with van der Waals surface area (Å²) < 4.78 is 5.34. The van der Waals surface area contributed by atoms with Gasteiger partial charge in [0.25, 0.3) is 0 Å². The van der Waals surface area contributed by atoms with Crippen LogP contribution in [-0.4, -0.2) is 32.6 Å². The number of ether oxygens (including phenoxy) is 1. The molecule has 0 amide bonds. The van der Waals surface area contributed by atoms with Crippen molar-refractivity contribution in [1.82, 2.24) is 0 Å². The van der Waals surface area contributed by atoms with Gasteiger partial charge in [-0.3, -0.25) is 4.79 Å². The molecule has 0 radical (unpaired) electrons. The van der Waals surface area contributed by atoms with E-state index in [0.717, 1.165) is 44.6 Å². The lowest BCUT2D eigenvalue weighted by Gasteiger charge is -2.30. The van der Waals surface area contributed by atoms with Crippen LogP contribution in [0.5, 0.6) is 0 Å². The van der Waals surface area contributed by atoms with Crippen LogP contribution in [0.15, 0.2) is 18.2 Å². The van der Waals surface area contributed by atoms with Gasteiger partial charge in [-0.1, -0.05) is 6.92 Å². The molecular weight excluding hydrogens is 202 g/mol. The molecule has 0 spiro atoms. The van der Waals surface area contributed by atoms with Crippen molar-refractivity contribution in [3.63, 3.8) is 0 Å². The second-order valence-corrected chi connectivity index (χ2v) is 3.96. The zero-order valence-electron chi connectivity index (χ0n) is 9.61. The number of aryl methyl sites for hydroxylation is 1. The van der Waals surface area contributed by atoms with Crippen LogP contribution in [0.4, 0.5) is 5.69 Å². The van der Waals surface area contributed by atoms with Crippen molar-refractivity contribution in [3.8, 4) is 0 Å². The monoisotopic (exact) mass is 219 g/mol. The summed E-state index contributed by atoms with van der Waals surface area (Å²) in [5.41, 5.74) is 3.25. The lowest BCUT2D eigenvalue weighted by molar-refractivity contribution is 0.112. The maximum Gasteiger partial charge on any atom is 0.150 e. The first-order valence-electron chi connectivity index (χ1n) is 5.76. The van der Waals surface area contributed by atoms with Crippen LogP contribution < -0.4 is 4.90 Å². The first-order valence-corrected chi connectivity index (χ1v) is 5.76. The number of nitrogens with zero attached hydrogens (tertiary/aromatic N) is 1. The maximum atomic E-state index is 10.7. The highest BCUT2D eigenvalue weighted by Gasteiger charge is 2.14. The summed E-state index contributed by atoms with van der Waals surface area (Å²) in [5.74, 6) is 0. The number of anilines is 1. The van der Waals surface area contributed by atoms with Crippen molar-refractivity contribution in [3.05, 3.63) is 29.3 Å². The summed E-state index contributed by atoms with van der Waals surface area (Å²) in [6.07, 6.45) is 1.86. The Kier molecular flexibility index (Phi) is 3.57. The molecule has 0 aromatic heterocycles. The average Bonchev–Trinajstić information content (AvgIpc) is 2.39. The average molecular weight is 219 g/mol. The first kappa shape index (κ1) is 11.1. The van der Waals surface area contributed by atoms with Crippen molar-refractivity contribution in [1.29, 1.82) is 0 Å².